The monoisotopic (exact) mass is 676 g/mol. The van der Waals surface area contributed by atoms with E-state index in [-0.39, 0.29) is 44.3 Å². The number of thiophene rings is 1. The van der Waals surface area contributed by atoms with E-state index in [1.165, 1.54) is 43.7 Å². The van der Waals surface area contributed by atoms with Gasteiger partial charge in [0.2, 0.25) is 0 Å². The maximum Gasteiger partial charge on any atom is 0.151 e. The topological polar surface area (TPSA) is 99.7 Å². The molecule has 0 spiro atoms. The van der Waals surface area contributed by atoms with Crippen LogP contribution >= 0.6 is 101 Å². The van der Waals surface area contributed by atoms with E-state index in [1.54, 1.807) is 11.3 Å². The molecular weight excluding hydrogens is 664 g/mol. The highest BCUT2D eigenvalue weighted by molar-refractivity contribution is 9.10. The van der Waals surface area contributed by atoms with Gasteiger partial charge >= 0.3 is 0 Å². The Morgan fingerprint density at radius 1 is 0.815 bits per heavy atom. The van der Waals surface area contributed by atoms with Gasteiger partial charge in [0.1, 0.15) is 0 Å². The molecule has 1 aromatic heterocycles. The Morgan fingerprint density at radius 2 is 1.19 bits per heavy atom. The van der Waals surface area contributed by atoms with Crippen LogP contribution in [0.4, 0.5) is 0 Å². The van der Waals surface area contributed by atoms with Gasteiger partial charge in [-0.3, -0.25) is 10.8 Å². The number of fused-ring (bicyclic) bond motifs is 3. The molecule has 0 unspecified atom stereocenters. The van der Waals surface area contributed by atoms with Crippen LogP contribution in [0.3, 0.4) is 0 Å². The van der Waals surface area contributed by atoms with Crippen molar-refractivity contribution < 1.29 is 0 Å². The normalized spacial score (nSPS) is 10.4. The largest absolute Gasteiger partial charge is 0.379 e. The standard InChI is InChI=1S/C16H14Br2N4S3.2BrH/c17-11-3-1-7-8-2-4-12(18)10(6-24-16(21)22)14(8)25-13(7)9(11)5-23-15(19)20;;/h1-4H,5-6H2,(H3,19,20)(H3,21,22);2*1H. The summed E-state index contributed by atoms with van der Waals surface area (Å²) in [4.78, 5) is 0. The van der Waals surface area contributed by atoms with Crippen LogP contribution in [0, 0.1) is 10.8 Å². The summed E-state index contributed by atoms with van der Waals surface area (Å²) in [5.74, 6) is 1.30. The van der Waals surface area contributed by atoms with Crippen LogP contribution in [0.5, 0.6) is 0 Å². The van der Waals surface area contributed by atoms with Crippen molar-refractivity contribution in [3.8, 4) is 0 Å². The molecule has 0 radical (unpaired) electrons. The second-order valence-corrected chi connectivity index (χ2v) is 9.98. The first-order valence-electron chi connectivity index (χ1n) is 7.13. The molecule has 27 heavy (non-hydrogen) atoms. The third kappa shape index (κ3) is 5.64. The van der Waals surface area contributed by atoms with E-state index in [9.17, 15) is 0 Å². The molecule has 0 bridgehead atoms. The molecule has 3 rings (SSSR count). The first-order chi connectivity index (χ1) is 11.9. The molecule has 0 amide bonds. The number of hydrogen-bond acceptors (Lipinski definition) is 5. The third-order valence-electron chi connectivity index (χ3n) is 3.64. The number of amidine groups is 2. The van der Waals surface area contributed by atoms with E-state index in [0.717, 1.165) is 20.1 Å². The van der Waals surface area contributed by atoms with Crippen LogP contribution in [-0.2, 0) is 11.5 Å². The van der Waals surface area contributed by atoms with Crippen molar-refractivity contribution in [2.24, 2.45) is 11.5 Å². The SMILES string of the molecule is Br.Br.N=C(N)SCc1c(Br)ccc2c1sc1c(CSC(=N)N)c(Br)ccc12. The summed E-state index contributed by atoms with van der Waals surface area (Å²) in [5.41, 5.74) is 13.3. The van der Waals surface area contributed by atoms with Crippen LogP contribution < -0.4 is 11.5 Å². The zero-order valence-corrected chi connectivity index (χ0v) is 22.7. The Balaban J connectivity index is 0.00000182. The Labute approximate surface area is 207 Å². The van der Waals surface area contributed by atoms with E-state index < -0.39 is 0 Å². The zero-order valence-electron chi connectivity index (χ0n) is 13.7. The first-order valence-corrected chi connectivity index (χ1v) is 11.5. The molecule has 0 aliphatic rings. The Hall–Kier alpha value is 0.220. The smallest absolute Gasteiger partial charge is 0.151 e. The third-order valence-corrected chi connectivity index (χ3v) is 7.96. The summed E-state index contributed by atoms with van der Waals surface area (Å²) in [6.45, 7) is 0. The van der Waals surface area contributed by atoms with Gasteiger partial charge in [-0.15, -0.1) is 45.3 Å². The summed E-state index contributed by atoms with van der Waals surface area (Å²) >= 11 is 11.6. The van der Waals surface area contributed by atoms with Crippen LogP contribution in [0.1, 0.15) is 11.1 Å². The van der Waals surface area contributed by atoms with Gasteiger partial charge in [0.25, 0.3) is 0 Å². The minimum atomic E-state index is 0. The second-order valence-electron chi connectivity index (χ2n) is 5.21. The molecule has 2 aromatic carbocycles. The molecule has 0 saturated heterocycles. The molecule has 0 fully saturated rings. The average Bonchev–Trinajstić information content (AvgIpc) is 2.91. The number of thioether (sulfide) groups is 2. The van der Waals surface area contributed by atoms with E-state index >= 15 is 0 Å². The number of nitrogens with two attached hydrogens (primary N) is 2. The highest BCUT2D eigenvalue weighted by atomic mass is 79.9. The maximum atomic E-state index is 7.47. The molecule has 1 heterocycles. The summed E-state index contributed by atoms with van der Waals surface area (Å²) in [6, 6.07) is 8.35. The minimum Gasteiger partial charge on any atom is -0.379 e. The van der Waals surface area contributed by atoms with Crippen molar-refractivity contribution in [3.63, 3.8) is 0 Å². The van der Waals surface area contributed by atoms with Crippen LogP contribution in [0.2, 0.25) is 0 Å². The van der Waals surface area contributed by atoms with E-state index in [4.69, 9.17) is 22.3 Å². The number of hydrogen-bond donors (Lipinski definition) is 4. The van der Waals surface area contributed by atoms with Gasteiger partial charge in [-0.25, -0.2) is 0 Å². The molecule has 0 saturated carbocycles. The molecule has 0 aliphatic carbocycles. The molecular formula is C16H16Br4N4S3. The fraction of sp³-hybridized carbons (Fsp3) is 0.125. The van der Waals surface area contributed by atoms with Crippen LogP contribution in [-0.4, -0.2) is 10.3 Å². The van der Waals surface area contributed by atoms with Gasteiger partial charge in [-0.1, -0.05) is 67.5 Å². The Kier molecular flexibility index (Phi) is 10.1. The summed E-state index contributed by atoms with van der Waals surface area (Å²) in [5, 5.41) is 17.6. The predicted molar refractivity (Wildman–Crippen MR) is 142 cm³/mol. The lowest BCUT2D eigenvalue weighted by Gasteiger charge is -2.05. The number of halogens is 4. The number of rotatable bonds is 4. The Morgan fingerprint density at radius 3 is 1.52 bits per heavy atom. The van der Waals surface area contributed by atoms with Crippen molar-refractivity contribution in [3.05, 3.63) is 44.3 Å². The van der Waals surface area contributed by atoms with E-state index in [0.29, 0.717) is 11.5 Å². The van der Waals surface area contributed by atoms with Gasteiger partial charge in [-0.2, -0.15) is 0 Å². The van der Waals surface area contributed by atoms with Crippen molar-refractivity contribution in [2.75, 3.05) is 0 Å². The van der Waals surface area contributed by atoms with E-state index in [1.807, 2.05) is 0 Å². The second kappa shape index (κ2) is 10.8. The average molecular weight is 680 g/mol. The van der Waals surface area contributed by atoms with Gasteiger partial charge < -0.3 is 11.5 Å². The lowest BCUT2D eigenvalue weighted by Crippen LogP contribution is -2.03. The number of benzene rings is 2. The fourth-order valence-corrected chi connectivity index (χ4v) is 6.88. The van der Waals surface area contributed by atoms with Crippen LogP contribution in [0.25, 0.3) is 20.2 Å². The van der Waals surface area contributed by atoms with Crippen LogP contribution in [0.15, 0.2) is 33.2 Å². The summed E-state index contributed by atoms with van der Waals surface area (Å²) < 4.78 is 4.45. The number of nitrogens with one attached hydrogen (secondary N) is 2. The zero-order chi connectivity index (χ0) is 18.1. The minimum absolute atomic E-state index is 0. The maximum absolute atomic E-state index is 7.47. The molecule has 4 nitrogen and oxygen atoms in total. The highest BCUT2D eigenvalue weighted by Gasteiger charge is 2.16. The summed E-state index contributed by atoms with van der Waals surface area (Å²) in [6.07, 6.45) is 0. The fourth-order valence-electron chi connectivity index (χ4n) is 2.54. The molecule has 0 atom stereocenters. The van der Waals surface area contributed by atoms with Crippen molar-refractivity contribution in [1.29, 1.82) is 10.8 Å². The molecule has 3 aromatic rings. The molecule has 146 valence electrons. The first kappa shape index (κ1) is 25.3. The Bertz CT molecular complexity index is 928. The van der Waals surface area contributed by atoms with Crippen molar-refractivity contribution in [1.82, 2.24) is 0 Å². The van der Waals surface area contributed by atoms with Gasteiger partial charge in [0, 0.05) is 40.6 Å². The van der Waals surface area contributed by atoms with Gasteiger partial charge in [-0.05, 0) is 23.3 Å². The highest BCUT2D eigenvalue weighted by Crippen LogP contribution is 2.43. The predicted octanol–water partition coefficient (Wildman–Crippen LogP) is 6.99. The van der Waals surface area contributed by atoms with Crippen molar-refractivity contribution >= 4 is 131 Å². The lowest BCUT2D eigenvalue weighted by molar-refractivity contribution is 1.44. The quantitative estimate of drug-likeness (QED) is 0.177. The van der Waals surface area contributed by atoms with E-state index in [2.05, 4.69) is 56.1 Å². The van der Waals surface area contributed by atoms with Gasteiger partial charge in [0.15, 0.2) is 10.3 Å². The summed E-state index contributed by atoms with van der Waals surface area (Å²) in [7, 11) is 0. The van der Waals surface area contributed by atoms with Crippen molar-refractivity contribution in [2.45, 2.75) is 11.5 Å². The van der Waals surface area contributed by atoms with Gasteiger partial charge in [0.05, 0.1) is 0 Å². The molecule has 6 N–H and O–H groups in total. The molecule has 11 heteroatoms. The lowest BCUT2D eigenvalue weighted by atomic mass is 10.1. The molecule has 0 aliphatic heterocycles.